The van der Waals surface area contributed by atoms with Crippen molar-refractivity contribution >= 4 is 17.6 Å². The maximum atomic E-state index is 13.0. The third-order valence-electron chi connectivity index (χ3n) is 6.03. The lowest BCUT2D eigenvalue weighted by atomic mass is 9.82. The second kappa shape index (κ2) is 8.07. The average Bonchev–Trinajstić information content (AvgIpc) is 2.71. The summed E-state index contributed by atoms with van der Waals surface area (Å²) in [6.45, 7) is 1.05. The van der Waals surface area contributed by atoms with Crippen LogP contribution in [0.15, 0.2) is 48.5 Å². The molecule has 29 heavy (non-hydrogen) atoms. The number of rotatable bonds is 5. The third kappa shape index (κ3) is 4.01. The second-order valence-electron chi connectivity index (χ2n) is 7.87. The number of amides is 2. The van der Waals surface area contributed by atoms with E-state index in [9.17, 15) is 9.59 Å². The molecule has 1 aliphatic heterocycles. The molecular formula is C23H26N4O2. The molecule has 2 amide bonds. The van der Waals surface area contributed by atoms with Crippen molar-refractivity contribution in [3.05, 3.63) is 70.8 Å². The van der Waals surface area contributed by atoms with Gasteiger partial charge in [0.2, 0.25) is 11.8 Å². The first kappa shape index (κ1) is 19.2. The molecule has 4 rings (SSSR count). The number of carbonyl (C=O) groups excluding carboxylic acids is 2. The Bertz CT molecular complexity index is 938. The fourth-order valence-corrected chi connectivity index (χ4v) is 4.18. The van der Waals surface area contributed by atoms with E-state index in [2.05, 4.69) is 17.4 Å². The van der Waals surface area contributed by atoms with Gasteiger partial charge in [0.05, 0.1) is 0 Å². The van der Waals surface area contributed by atoms with E-state index in [0.717, 1.165) is 24.8 Å². The molecule has 2 aliphatic rings. The van der Waals surface area contributed by atoms with Crippen molar-refractivity contribution in [2.75, 3.05) is 6.54 Å². The largest absolute Gasteiger partial charge is 0.384 e. The van der Waals surface area contributed by atoms with E-state index in [-0.39, 0.29) is 29.6 Å². The van der Waals surface area contributed by atoms with Crippen LogP contribution in [0, 0.1) is 11.3 Å². The molecule has 4 N–H and O–H groups in total. The van der Waals surface area contributed by atoms with E-state index < -0.39 is 0 Å². The zero-order chi connectivity index (χ0) is 20.4. The molecular weight excluding hydrogens is 364 g/mol. The van der Waals surface area contributed by atoms with Gasteiger partial charge >= 0.3 is 0 Å². The van der Waals surface area contributed by atoms with Crippen LogP contribution < -0.4 is 11.1 Å². The molecule has 0 saturated carbocycles. The highest BCUT2D eigenvalue weighted by Gasteiger charge is 2.40. The average molecular weight is 390 g/mol. The Morgan fingerprint density at radius 2 is 1.79 bits per heavy atom. The molecule has 6 heteroatoms. The van der Waals surface area contributed by atoms with E-state index in [1.165, 1.54) is 11.1 Å². The summed E-state index contributed by atoms with van der Waals surface area (Å²) in [7, 11) is 0. The van der Waals surface area contributed by atoms with Crippen LogP contribution in [-0.4, -0.2) is 35.1 Å². The molecule has 0 bridgehead atoms. The lowest BCUT2D eigenvalue weighted by Crippen LogP contribution is -2.59. The third-order valence-corrected chi connectivity index (χ3v) is 6.03. The molecule has 1 fully saturated rings. The van der Waals surface area contributed by atoms with Crippen molar-refractivity contribution in [1.82, 2.24) is 10.2 Å². The van der Waals surface area contributed by atoms with Crippen molar-refractivity contribution < 1.29 is 9.59 Å². The van der Waals surface area contributed by atoms with Gasteiger partial charge in [0, 0.05) is 24.6 Å². The Morgan fingerprint density at radius 3 is 2.45 bits per heavy atom. The Balaban J connectivity index is 1.32. The number of benzene rings is 2. The van der Waals surface area contributed by atoms with Gasteiger partial charge in [0.1, 0.15) is 11.9 Å². The number of aryl methyl sites for hydroxylation is 1. The predicted octanol–water partition coefficient (Wildman–Crippen LogP) is 1.99. The Morgan fingerprint density at radius 1 is 1.07 bits per heavy atom. The molecule has 2 aromatic carbocycles. The topological polar surface area (TPSA) is 99.3 Å². The van der Waals surface area contributed by atoms with Crippen molar-refractivity contribution in [1.29, 1.82) is 5.41 Å². The minimum Gasteiger partial charge on any atom is -0.384 e. The predicted molar refractivity (Wildman–Crippen MR) is 111 cm³/mol. The molecule has 150 valence electrons. The summed E-state index contributed by atoms with van der Waals surface area (Å²) in [5, 5.41) is 10.4. The summed E-state index contributed by atoms with van der Waals surface area (Å²) in [6, 6.07) is 15.2. The van der Waals surface area contributed by atoms with Gasteiger partial charge in [-0.3, -0.25) is 15.0 Å². The number of nitrogens with one attached hydrogen (secondary N) is 2. The van der Waals surface area contributed by atoms with Gasteiger partial charge in [-0.25, -0.2) is 0 Å². The number of carbonyl (C=O) groups is 2. The highest BCUT2D eigenvalue weighted by atomic mass is 16.2. The Labute approximate surface area is 170 Å². The first-order valence-electron chi connectivity index (χ1n) is 10.1. The number of likely N-dealkylation sites (tertiary alicyclic amines) is 1. The maximum absolute atomic E-state index is 13.0. The van der Waals surface area contributed by atoms with Crippen LogP contribution in [0.2, 0.25) is 0 Å². The van der Waals surface area contributed by atoms with E-state index in [1.807, 2.05) is 24.3 Å². The van der Waals surface area contributed by atoms with E-state index in [0.29, 0.717) is 25.1 Å². The van der Waals surface area contributed by atoms with E-state index in [4.69, 9.17) is 11.1 Å². The molecule has 1 heterocycles. The molecule has 2 atom stereocenters. The highest BCUT2D eigenvalue weighted by Crippen LogP contribution is 2.29. The summed E-state index contributed by atoms with van der Waals surface area (Å²) in [5.74, 6) is 0.00216. The zero-order valence-corrected chi connectivity index (χ0v) is 16.4. The highest BCUT2D eigenvalue weighted by molar-refractivity contribution is 5.95. The fraction of sp³-hybridized carbons (Fsp3) is 0.348. The van der Waals surface area contributed by atoms with Crippen LogP contribution in [-0.2, 0) is 29.0 Å². The van der Waals surface area contributed by atoms with Gasteiger partial charge in [-0.05, 0) is 42.4 Å². The van der Waals surface area contributed by atoms with Crippen LogP contribution >= 0.6 is 0 Å². The number of fused-ring (bicyclic) bond motifs is 1. The first-order valence-corrected chi connectivity index (χ1v) is 10.1. The lowest BCUT2D eigenvalue weighted by Gasteiger charge is -2.42. The summed E-state index contributed by atoms with van der Waals surface area (Å²) >= 11 is 0. The van der Waals surface area contributed by atoms with Crippen LogP contribution in [0.3, 0.4) is 0 Å². The van der Waals surface area contributed by atoms with Crippen molar-refractivity contribution in [3.63, 3.8) is 0 Å². The van der Waals surface area contributed by atoms with Crippen molar-refractivity contribution in [2.24, 2.45) is 11.7 Å². The first-order chi connectivity index (χ1) is 14.0. The number of nitrogen functional groups attached to an aromatic ring is 1. The smallest absolute Gasteiger partial charge is 0.243 e. The molecule has 0 unspecified atom stereocenters. The number of hydrogen-bond donors (Lipinski definition) is 3. The zero-order valence-electron chi connectivity index (χ0n) is 16.4. The monoisotopic (exact) mass is 390 g/mol. The molecule has 6 nitrogen and oxygen atoms in total. The van der Waals surface area contributed by atoms with Crippen LogP contribution in [0.1, 0.15) is 35.1 Å². The number of nitrogens with zero attached hydrogens (tertiary/aromatic N) is 1. The Kier molecular flexibility index (Phi) is 5.34. The van der Waals surface area contributed by atoms with E-state index in [1.54, 1.807) is 17.0 Å². The van der Waals surface area contributed by atoms with Gasteiger partial charge < -0.3 is 16.0 Å². The number of hydrogen-bond acceptors (Lipinski definition) is 3. The molecule has 2 aromatic rings. The number of amidine groups is 1. The normalized spacial score (nSPS) is 20.3. The maximum Gasteiger partial charge on any atom is 0.243 e. The second-order valence-corrected chi connectivity index (χ2v) is 7.87. The quantitative estimate of drug-likeness (QED) is 0.538. The minimum atomic E-state index is -0.365. The Hall–Kier alpha value is -3.15. The van der Waals surface area contributed by atoms with Crippen LogP contribution in [0.4, 0.5) is 0 Å². The molecule has 0 spiro atoms. The molecule has 1 saturated heterocycles. The standard InChI is InChI=1S/C23H26N4O2/c24-21(25)17-7-5-15(6-8-17)14-26-22(28)20-11-12-27(20)23(29)19-10-9-16-3-1-2-4-18(16)13-19/h1-8,19-20H,9-14H2,(H3,24,25)(H,26,28)/t19-,20+/m1/s1. The fourth-order valence-electron chi connectivity index (χ4n) is 4.18. The van der Waals surface area contributed by atoms with E-state index >= 15 is 0 Å². The van der Waals surface area contributed by atoms with Gasteiger partial charge in [-0.2, -0.15) is 0 Å². The summed E-state index contributed by atoms with van der Waals surface area (Å²) in [4.78, 5) is 27.3. The van der Waals surface area contributed by atoms with Gasteiger partial charge in [0.25, 0.3) is 0 Å². The summed E-state index contributed by atoms with van der Waals surface area (Å²) in [6.07, 6.45) is 3.25. The molecule has 0 aromatic heterocycles. The summed E-state index contributed by atoms with van der Waals surface area (Å²) < 4.78 is 0. The SMILES string of the molecule is N=C(N)c1ccc(CNC(=O)[C@@H]2CCN2C(=O)[C@@H]2CCc3ccccc3C2)cc1. The van der Waals surface area contributed by atoms with Gasteiger partial charge in [-0.15, -0.1) is 0 Å². The molecule has 0 radical (unpaired) electrons. The summed E-state index contributed by atoms with van der Waals surface area (Å²) in [5.41, 5.74) is 9.65. The van der Waals surface area contributed by atoms with Crippen LogP contribution in [0.25, 0.3) is 0 Å². The van der Waals surface area contributed by atoms with Gasteiger partial charge in [-0.1, -0.05) is 48.5 Å². The van der Waals surface area contributed by atoms with Gasteiger partial charge in [0.15, 0.2) is 0 Å². The van der Waals surface area contributed by atoms with Crippen molar-refractivity contribution in [2.45, 2.75) is 38.3 Å². The minimum absolute atomic E-state index is 0.0227. The molecule has 1 aliphatic carbocycles. The number of nitrogens with two attached hydrogens (primary N) is 1. The lowest BCUT2D eigenvalue weighted by molar-refractivity contribution is -0.151. The van der Waals surface area contributed by atoms with Crippen molar-refractivity contribution in [3.8, 4) is 0 Å². The van der Waals surface area contributed by atoms with Crippen LogP contribution in [0.5, 0.6) is 0 Å².